The predicted octanol–water partition coefficient (Wildman–Crippen LogP) is 3.59. The van der Waals surface area contributed by atoms with Crippen LogP contribution in [0.25, 0.3) is 10.9 Å². The molecule has 62 valence electrons. The third-order valence-corrected chi connectivity index (χ3v) is 2.77. The van der Waals surface area contributed by atoms with Gasteiger partial charge in [0.1, 0.15) is 0 Å². The molecule has 0 fully saturated rings. The van der Waals surface area contributed by atoms with Crippen LogP contribution in [-0.4, -0.2) is 4.57 Å². The third kappa shape index (κ3) is 1.15. The number of hydrogen-bond donors (Lipinski definition) is 0. The highest BCUT2D eigenvalue weighted by molar-refractivity contribution is 9.10. The second kappa shape index (κ2) is 2.79. The van der Waals surface area contributed by atoms with Gasteiger partial charge in [-0.05, 0) is 34.1 Å². The molecule has 0 N–H and O–H groups in total. The molecule has 1 nitrogen and oxygen atoms in total. The lowest BCUT2D eigenvalue weighted by Gasteiger charge is -1.94. The van der Waals surface area contributed by atoms with Gasteiger partial charge in [0.05, 0.1) is 0 Å². The second-order valence-electron chi connectivity index (χ2n) is 2.75. The molecule has 0 saturated carbocycles. The first-order valence-electron chi connectivity index (χ1n) is 3.58. The summed E-state index contributed by atoms with van der Waals surface area (Å²) < 4.78 is 3.15. The van der Waals surface area contributed by atoms with E-state index in [0.29, 0.717) is 0 Å². The zero-order chi connectivity index (χ0) is 8.72. The Bertz CT molecular complexity index is 433. The Morgan fingerprint density at radius 3 is 2.92 bits per heavy atom. The molecule has 0 radical (unpaired) electrons. The van der Waals surface area contributed by atoms with Gasteiger partial charge in [-0.2, -0.15) is 0 Å². The van der Waals surface area contributed by atoms with Gasteiger partial charge < -0.3 is 4.57 Å². The normalized spacial score (nSPS) is 10.9. The zero-order valence-corrected chi connectivity index (χ0v) is 8.85. The third-order valence-electron chi connectivity index (χ3n) is 1.90. The van der Waals surface area contributed by atoms with Crippen LogP contribution >= 0.6 is 27.5 Å². The Hall–Kier alpha value is -0.470. The first kappa shape index (κ1) is 8.14. The number of aromatic nitrogens is 1. The first-order valence-corrected chi connectivity index (χ1v) is 4.75. The lowest BCUT2D eigenvalue weighted by atomic mass is 10.2. The molecule has 2 aromatic rings. The van der Waals surface area contributed by atoms with Crippen LogP contribution in [0.2, 0.25) is 5.02 Å². The van der Waals surface area contributed by atoms with Gasteiger partial charge in [-0.3, -0.25) is 0 Å². The van der Waals surface area contributed by atoms with E-state index in [1.54, 1.807) is 0 Å². The Labute approximate surface area is 84.1 Å². The van der Waals surface area contributed by atoms with Crippen molar-refractivity contribution >= 4 is 38.4 Å². The molecule has 2 rings (SSSR count). The number of nitrogens with zero attached hydrogens (tertiary/aromatic N) is 1. The average Bonchev–Trinajstić information content (AvgIpc) is 2.28. The van der Waals surface area contributed by atoms with Crippen molar-refractivity contribution in [2.75, 3.05) is 0 Å². The lowest BCUT2D eigenvalue weighted by molar-refractivity contribution is 0.967. The van der Waals surface area contributed by atoms with Crippen LogP contribution in [0.1, 0.15) is 0 Å². The van der Waals surface area contributed by atoms with Crippen LogP contribution in [0.15, 0.2) is 28.9 Å². The van der Waals surface area contributed by atoms with E-state index in [-0.39, 0.29) is 0 Å². The van der Waals surface area contributed by atoms with Gasteiger partial charge in [0, 0.05) is 33.6 Å². The number of hydrogen-bond acceptors (Lipinski definition) is 0. The SMILES string of the molecule is Cn1cc(Br)c2cc(Cl)ccc21. The van der Waals surface area contributed by atoms with Crippen molar-refractivity contribution in [2.45, 2.75) is 0 Å². The molecule has 0 amide bonds. The molecule has 12 heavy (non-hydrogen) atoms. The minimum absolute atomic E-state index is 0.773. The Balaban J connectivity index is 2.90. The van der Waals surface area contributed by atoms with Crippen molar-refractivity contribution in [3.05, 3.63) is 33.9 Å². The smallest absolute Gasteiger partial charge is 0.0490 e. The Morgan fingerprint density at radius 2 is 2.17 bits per heavy atom. The molecular formula is C9H7BrClN. The number of benzene rings is 1. The van der Waals surface area contributed by atoms with Gasteiger partial charge in [0.15, 0.2) is 0 Å². The predicted molar refractivity (Wildman–Crippen MR) is 55.6 cm³/mol. The largest absolute Gasteiger partial charge is 0.349 e. The quantitative estimate of drug-likeness (QED) is 0.667. The maximum absolute atomic E-state index is 5.87. The minimum Gasteiger partial charge on any atom is -0.349 e. The van der Waals surface area contributed by atoms with Gasteiger partial charge in [-0.1, -0.05) is 11.6 Å². The van der Waals surface area contributed by atoms with Gasteiger partial charge >= 0.3 is 0 Å². The van der Waals surface area contributed by atoms with Crippen LogP contribution in [0, 0.1) is 0 Å². The van der Waals surface area contributed by atoms with Crippen molar-refractivity contribution in [2.24, 2.45) is 7.05 Å². The molecule has 0 aliphatic rings. The summed E-state index contributed by atoms with van der Waals surface area (Å²) >= 11 is 9.34. The topological polar surface area (TPSA) is 4.93 Å². The summed E-state index contributed by atoms with van der Waals surface area (Å²) in [5, 5.41) is 1.93. The summed E-state index contributed by atoms with van der Waals surface area (Å²) in [4.78, 5) is 0. The molecule has 0 aliphatic carbocycles. The molecular weight excluding hydrogens is 237 g/mol. The van der Waals surface area contributed by atoms with E-state index in [1.165, 1.54) is 5.52 Å². The van der Waals surface area contributed by atoms with E-state index in [2.05, 4.69) is 20.5 Å². The molecule has 0 atom stereocenters. The molecule has 0 unspecified atom stereocenters. The highest BCUT2D eigenvalue weighted by Crippen LogP contribution is 2.27. The second-order valence-corrected chi connectivity index (χ2v) is 4.04. The monoisotopic (exact) mass is 243 g/mol. The van der Waals surface area contributed by atoms with Gasteiger partial charge in [0.25, 0.3) is 0 Å². The average molecular weight is 245 g/mol. The van der Waals surface area contributed by atoms with E-state index < -0.39 is 0 Å². The van der Waals surface area contributed by atoms with Crippen molar-refractivity contribution in [1.82, 2.24) is 4.57 Å². The zero-order valence-electron chi connectivity index (χ0n) is 6.51. The first-order chi connectivity index (χ1) is 5.68. The van der Waals surface area contributed by atoms with Crippen molar-refractivity contribution < 1.29 is 0 Å². The summed E-state index contributed by atoms with van der Waals surface area (Å²) in [6.07, 6.45) is 2.03. The summed E-state index contributed by atoms with van der Waals surface area (Å²) in [5.41, 5.74) is 1.19. The molecule has 1 heterocycles. The highest BCUT2D eigenvalue weighted by Gasteiger charge is 2.03. The van der Waals surface area contributed by atoms with Gasteiger partial charge in [0.2, 0.25) is 0 Å². The fraction of sp³-hybridized carbons (Fsp3) is 0.111. The van der Waals surface area contributed by atoms with Crippen LogP contribution in [0.5, 0.6) is 0 Å². The summed E-state index contributed by atoms with van der Waals surface area (Å²) in [5.74, 6) is 0. The summed E-state index contributed by atoms with van der Waals surface area (Å²) in [6.45, 7) is 0. The van der Waals surface area contributed by atoms with Crippen LogP contribution in [0.3, 0.4) is 0 Å². The Morgan fingerprint density at radius 1 is 1.42 bits per heavy atom. The molecule has 1 aromatic carbocycles. The van der Waals surface area contributed by atoms with Gasteiger partial charge in [-0.25, -0.2) is 0 Å². The molecule has 1 aromatic heterocycles. The number of fused-ring (bicyclic) bond motifs is 1. The number of halogens is 2. The fourth-order valence-corrected chi connectivity index (χ4v) is 2.11. The molecule has 0 saturated heterocycles. The van der Waals surface area contributed by atoms with Gasteiger partial charge in [-0.15, -0.1) is 0 Å². The van der Waals surface area contributed by atoms with Crippen LogP contribution in [-0.2, 0) is 7.05 Å². The molecule has 0 bridgehead atoms. The van der Waals surface area contributed by atoms with Crippen LogP contribution in [0.4, 0.5) is 0 Å². The van der Waals surface area contributed by atoms with E-state index in [0.717, 1.165) is 14.9 Å². The molecule has 0 spiro atoms. The van der Waals surface area contributed by atoms with Crippen molar-refractivity contribution in [3.63, 3.8) is 0 Å². The number of aryl methyl sites for hydroxylation is 1. The van der Waals surface area contributed by atoms with E-state index in [4.69, 9.17) is 11.6 Å². The van der Waals surface area contributed by atoms with Crippen LogP contribution < -0.4 is 0 Å². The molecule has 0 aliphatic heterocycles. The standard InChI is InChI=1S/C9H7BrClN/c1-12-5-8(10)7-4-6(11)2-3-9(7)12/h2-5H,1H3. The maximum atomic E-state index is 5.87. The van der Waals surface area contributed by atoms with E-state index in [9.17, 15) is 0 Å². The van der Waals surface area contributed by atoms with Crippen molar-refractivity contribution in [3.8, 4) is 0 Å². The van der Waals surface area contributed by atoms with E-state index in [1.807, 2.05) is 31.4 Å². The van der Waals surface area contributed by atoms with Crippen molar-refractivity contribution in [1.29, 1.82) is 0 Å². The highest BCUT2D eigenvalue weighted by atomic mass is 79.9. The summed E-state index contributed by atoms with van der Waals surface area (Å²) in [6, 6.07) is 5.87. The molecule has 3 heteroatoms. The maximum Gasteiger partial charge on any atom is 0.0490 e. The van der Waals surface area contributed by atoms with E-state index >= 15 is 0 Å². The fourth-order valence-electron chi connectivity index (χ4n) is 1.32. The Kier molecular flexibility index (Phi) is 1.89. The number of rotatable bonds is 0. The minimum atomic E-state index is 0.773. The lowest BCUT2D eigenvalue weighted by Crippen LogP contribution is -1.81. The summed E-state index contributed by atoms with van der Waals surface area (Å²) in [7, 11) is 2.01.